The molecule has 3 rings (SSSR count). The quantitative estimate of drug-likeness (QED) is 0.596. The Morgan fingerprint density at radius 1 is 0.786 bits per heavy atom. The van der Waals surface area contributed by atoms with Crippen molar-refractivity contribution in [1.29, 1.82) is 0 Å². The Kier molecular flexibility index (Phi) is 9.73. The molecule has 0 spiro atoms. The van der Waals surface area contributed by atoms with Crippen LogP contribution in [0.3, 0.4) is 0 Å². The lowest BCUT2D eigenvalue weighted by Crippen LogP contribution is -2.25. The highest BCUT2D eigenvalue weighted by atomic mass is 14.6. The molecule has 2 aromatic carbocycles. The van der Waals surface area contributed by atoms with E-state index in [0.29, 0.717) is 18.0 Å². The van der Waals surface area contributed by atoms with Gasteiger partial charge in [-0.25, -0.2) is 0 Å². The van der Waals surface area contributed by atoms with Gasteiger partial charge in [-0.3, -0.25) is 0 Å². The summed E-state index contributed by atoms with van der Waals surface area (Å²) in [4.78, 5) is 0. The van der Waals surface area contributed by atoms with Crippen LogP contribution in [0.4, 0.5) is 0 Å². The molecular formula is C26H40N2. The Morgan fingerprint density at radius 3 is 1.71 bits per heavy atom. The minimum absolute atomic E-state index is 0.429. The zero-order valence-corrected chi connectivity index (χ0v) is 18.2. The summed E-state index contributed by atoms with van der Waals surface area (Å²) in [6.45, 7) is 6.48. The van der Waals surface area contributed by atoms with Crippen molar-refractivity contribution in [2.45, 2.75) is 90.1 Å². The number of aryl methyl sites for hydroxylation is 1. The predicted octanol–water partition coefficient (Wildman–Crippen LogP) is 6.56. The van der Waals surface area contributed by atoms with Crippen LogP contribution in [0.1, 0.15) is 82.3 Å². The van der Waals surface area contributed by atoms with Crippen molar-refractivity contribution in [2.75, 3.05) is 0 Å². The lowest BCUT2D eigenvalue weighted by Gasteiger charge is -2.26. The standard InChI is InChI=1S/C19H23N.C7H17N/c1-14-2-4-15(5-3-14)16-6-8-17(9-7-16)18-10-12-19(20)13-11-18;1-3-5-7(8)6-4-2/h2-9,18-19H,10-13,20H2,1H3;7H,3-6,8H2,1-2H3. The van der Waals surface area contributed by atoms with E-state index in [1.165, 1.54) is 73.6 Å². The SMILES string of the molecule is CCCC(N)CCC.Cc1ccc(-c2ccc(C3CCC(N)CC3)cc2)cc1. The zero-order valence-electron chi connectivity index (χ0n) is 18.2. The van der Waals surface area contributed by atoms with Crippen LogP contribution in [0.2, 0.25) is 0 Å². The molecule has 0 saturated heterocycles. The first-order valence-electron chi connectivity index (χ1n) is 11.2. The van der Waals surface area contributed by atoms with Gasteiger partial charge in [-0.15, -0.1) is 0 Å². The molecule has 0 bridgehead atoms. The fourth-order valence-corrected chi connectivity index (χ4v) is 4.03. The van der Waals surface area contributed by atoms with Gasteiger partial charge in [0.1, 0.15) is 0 Å². The first-order valence-corrected chi connectivity index (χ1v) is 11.2. The third-order valence-corrected chi connectivity index (χ3v) is 5.86. The molecule has 0 aromatic heterocycles. The second-order valence-electron chi connectivity index (χ2n) is 8.44. The smallest absolute Gasteiger partial charge is 0.00392 e. The van der Waals surface area contributed by atoms with E-state index in [1.807, 2.05) is 0 Å². The molecule has 1 aliphatic rings. The fourth-order valence-electron chi connectivity index (χ4n) is 4.03. The van der Waals surface area contributed by atoms with Crippen molar-refractivity contribution in [3.05, 3.63) is 59.7 Å². The fraction of sp³-hybridized carbons (Fsp3) is 0.538. The van der Waals surface area contributed by atoms with Crippen LogP contribution in [-0.4, -0.2) is 12.1 Å². The maximum Gasteiger partial charge on any atom is 0.00392 e. The maximum atomic E-state index is 5.99. The van der Waals surface area contributed by atoms with Gasteiger partial charge in [0, 0.05) is 12.1 Å². The summed E-state index contributed by atoms with van der Waals surface area (Å²) in [5, 5.41) is 0. The van der Waals surface area contributed by atoms with Crippen molar-refractivity contribution >= 4 is 0 Å². The Bertz CT molecular complexity index is 646. The third-order valence-electron chi connectivity index (χ3n) is 5.86. The van der Waals surface area contributed by atoms with Gasteiger partial charge < -0.3 is 11.5 Å². The highest BCUT2D eigenvalue weighted by Gasteiger charge is 2.19. The van der Waals surface area contributed by atoms with Crippen LogP contribution in [0.5, 0.6) is 0 Å². The largest absolute Gasteiger partial charge is 0.328 e. The zero-order chi connectivity index (χ0) is 20.4. The van der Waals surface area contributed by atoms with E-state index in [2.05, 4.69) is 69.3 Å². The van der Waals surface area contributed by atoms with E-state index in [4.69, 9.17) is 11.5 Å². The van der Waals surface area contributed by atoms with Gasteiger partial charge >= 0.3 is 0 Å². The Balaban J connectivity index is 0.000000300. The van der Waals surface area contributed by atoms with Gasteiger partial charge in [-0.2, -0.15) is 0 Å². The van der Waals surface area contributed by atoms with Gasteiger partial charge in [-0.05, 0) is 68.1 Å². The van der Waals surface area contributed by atoms with Gasteiger partial charge in [0.05, 0.1) is 0 Å². The Labute approximate surface area is 172 Å². The molecule has 1 fully saturated rings. The molecule has 4 N–H and O–H groups in total. The predicted molar refractivity (Wildman–Crippen MR) is 124 cm³/mol. The summed E-state index contributed by atoms with van der Waals surface area (Å²) in [6.07, 6.45) is 9.65. The van der Waals surface area contributed by atoms with Crippen LogP contribution >= 0.6 is 0 Å². The molecule has 0 radical (unpaired) electrons. The van der Waals surface area contributed by atoms with Crippen molar-refractivity contribution in [3.8, 4) is 11.1 Å². The summed E-state index contributed by atoms with van der Waals surface area (Å²) in [5.74, 6) is 0.710. The van der Waals surface area contributed by atoms with E-state index in [-0.39, 0.29) is 0 Å². The Morgan fingerprint density at radius 2 is 1.25 bits per heavy atom. The average molecular weight is 381 g/mol. The molecule has 2 aromatic rings. The van der Waals surface area contributed by atoms with Crippen molar-refractivity contribution in [1.82, 2.24) is 0 Å². The minimum Gasteiger partial charge on any atom is -0.328 e. The summed E-state index contributed by atoms with van der Waals surface area (Å²) in [5.41, 5.74) is 17.1. The van der Waals surface area contributed by atoms with Crippen LogP contribution in [0.25, 0.3) is 11.1 Å². The molecule has 154 valence electrons. The molecule has 0 amide bonds. The lowest BCUT2D eigenvalue weighted by molar-refractivity contribution is 0.395. The summed E-state index contributed by atoms with van der Waals surface area (Å²) < 4.78 is 0. The summed E-state index contributed by atoms with van der Waals surface area (Å²) in [6, 6.07) is 18.8. The molecule has 0 unspecified atom stereocenters. The van der Waals surface area contributed by atoms with Gasteiger partial charge in [0.15, 0.2) is 0 Å². The first-order chi connectivity index (χ1) is 13.5. The molecule has 1 aliphatic carbocycles. The topological polar surface area (TPSA) is 52.0 Å². The molecule has 2 heteroatoms. The number of hydrogen-bond donors (Lipinski definition) is 2. The van der Waals surface area contributed by atoms with Crippen molar-refractivity contribution < 1.29 is 0 Å². The van der Waals surface area contributed by atoms with Crippen molar-refractivity contribution in [3.63, 3.8) is 0 Å². The number of nitrogens with two attached hydrogens (primary N) is 2. The molecular weight excluding hydrogens is 340 g/mol. The van der Waals surface area contributed by atoms with Gasteiger partial charge in [0.25, 0.3) is 0 Å². The molecule has 0 atom stereocenters. The maximum absolute atomic E-state index is 5.99. The highest BCUT2D eigenvalue weighted by Crippen LogP contribution is 2.33. The van der Waals surface area contributed by atoms with E-state index >= 15 is 0 Å². The number of hydrogen-bond acceptors (Lipinski definition) is 2. The van der Waals surface area contributed by atoms with E-state index in [0.717, 1.165) is 0 Å². The monoisotopic (exact) mass is 380 g/mol. The summed E-state index contributed by atoms with van der Waals surface area (Å²) >= 11 is 0. The number of rotatable bonds is 6. The second kappa shape index (κ2) is 12.0. The molecule has 0 aliphatic heterocycles. The van der Waals surface area contributed by atoms with E-state index < -0.39 is 0 Å². The van der Waals surface area contributed by atoms with E-state index in [1.54, 1.807) is 0 Å². The second-order valence-corrected chi connectivity index (χ2v) is 8.44. The molecule has 28 heavy (non-hydrogen) atoms. The van der Waals surface area contributed by atoms with Gasteiger partial charge in [-0.1, -0.05) is 80.8 Å². The van der Waals surface area contributed by atoms with Crippen molar-refractivity contribution in [2.24, 2.45) is 11.5 Å². The van der Waals surface area contributed by atoms with E-state index in [9.17, 15) is 0 Å². The third kappa shape index (κ3) is 7.41. The summed E-state index contributed by atoms with van der Waals surface area (Å²) in [7, 11) is 0. The number of benzene rings is 2. The molecule has 2 nitrogen and oxygen atoms in total. The average Bonchev–Trinajstić information content (AvgIpc) is 2.70. The normalized spacial score (nSPS) is 19.2. The van der Waals surface area contributed by atoms with Crippen LogP contribution in [-0.2, 0) is 0 Å². The van der Waals surface area contributed by atoms with Crippen LogP contribution in [0.15, 0.2) is 48.5 Å². The highest BCUT2D eigenvalue weighted by molar-refractivity contribution is 5.64. The van der Waals surface area contributed by atoms with Crippen LogP contribution < -0.4 is 11.5 Å². The van der Waals surface area contributed by atoms with Crippen LogP contribution in [0, 0.1) is 6.92 Å². The first kappa shape index (κ1) is 22.6. The lowest BCUT2D eigenvalue weighted by atomic mass is 9.82. The molecule has 1 saturated carbocycles. The Hall–Kier alpha value is -1.64. The molecule has 0 heterocycles. The van der Waals surface area contributed by atoms with Gasteiger partial charge in [0.2, 0.25) is 0 Å². The minimum atomic E-state index is 0.429.